The zero-order chi connectivity index (χ0) is 17.8. The summed E-state index contributed by atoms with van der Waals surface area (Å²) < 4.78 is 5.19. The molecule has 0 radical (unpaired) electrons. The summed E-state index contributed by atoms with van der Waals surface area (Å²) in [5.74, 6) is 2.43. The summed E-state index contributed by atoms with van der Waals surface area (Å²) in [5.41, 5.74) is 1.97. The van der Waals surface area contributed by atoms with E-state index >= 15 is 0 Å². The van der Waals surface area contributed by atoms with Crippen molar-refractivity contribution < 1.29 is 4.52 Å². The van der Waals surface area contributed by atoms with Gasteiger partial charge in [0.1, 0.15) is 11.6 Å². The highest BCUT2D eigenvalue weighted by Crippen LogP contribution is 2.25. The van der Waals surface area contributed by atoms with Gasteiger partial charge in [-0.3, -0.25) is 4.99 Å². The van der Waals surface area contributed by atoms with E-state index in [1.165, 1.54) is 0 Å². The van der Waals surface area contributed by atoms with Crippen LogP contribution >= 0.6 is 11.6 Å². The Labute approximate surface area is 152 Å². The smallest absolute Gasteiger partial charge is 0.191 e. The average molecular weight is 363 g/mol. The number of hydrogen-bond donors (Lipinski definition) is 2. The molecule has 1 aliphatic rings. The Bertz CT molecular complexity index is 740. The maximum Gasteiger partial charge on any atom is 0.191 e. The molecule has 7 nitrogen and oxygen atoms in total. The molecule has 1 aliphatic heterocycles. The van der Waals surface area contributed by atoms with Crippen molar-refractivity contribution in [2.45, 2.75) is 32.9 Å². The van der Waals surface area contributed by atoms with Gasteiger partial charge in [-0.2, -0.15) is 0 Å². The van der Waals surface area contributed by atoms with Crippen LogP contribution in [0.1, 0.15) is 23.4 Å². The Morgan fingerprint density at radius 2 is 2.32 bits per heavy atom. The number of aryl methyl sites for hydroxylation is 2. The van der Waals surface area contributed by atoms with Crippen molar-refractivity contribution in [2.24, 2.45) is 4.99 Å². The fourth-order valence-electron chi connectivity index (χ4n) is 2.99. The van der Waals surface area contributed by atoms with Crippen molar-refractivity contribution in [1.29, 1.82) is 0 Å². The molecule has 3 heterocycles. The largest absolute Gasteiger partial charge is 0.361 e. The number of aliphatic imine (C=N–C) groups is 1. The number of rotatable bonds is 4. The Kier molecular flexibility index (Phi) is 5.43. The first-order chi connectivity index (χ1) is 12.1. The summed E-state index contributed by atoms with van der Waals surface area (Å²) in [7, 11) is 1.77. The fraction of sp³-hybridized carbons (Fsp3) is 0.471. The molecule has 1 unspecified atom stereocenters. The second-order valence-corrected chi connectivity index (χ2v) is 6.52. The Hall–Kier alpha value is -2.28. The molecule has 2 N–H and O–H groups in total. The number of pyridine rings is 1. The highest BCUT2D eigenvalue weighted by atomic mass is 35.5. The van der Waals surface area contributed by atoms with Crippen LogP contribution in [-0.4, -0.2) is 42.3 Å². The first-order valence-electron chi connectivity index (χ1n) is 8.33. The molecule has 134 valence electrons. The normalized spacial score (nSPS) is 17.8. The minimum Gasteiger partial charge on any atom is -0.361 e. The lowest BCUT2D eigenvalue weighted by atomic mass is 10.2. The zero-order valence-corrected chi connectivity index (χ0v) is 15.5. The second-order valence-electron chi connectivity index (χ2n) is 6.11. The molecule has 3 rings (SSSR count). The van der Waals surface area contributed by atoms with Crippen LogP contribution < -0.4 is 15.5 Å². The van der Waals surface area contributed by atoms with E-state index in [4.69, 9.17) is 16.1 Å². The van der Waals surface area contributed by atoms with Gasteiger partial charge in [0.2, 0.25) is 0 Å². The Morgan fingerprint density at radius 1 is 1.48 bits per heavy atom. The molecule has 0 spiro atoms. The van der Waals surface area contributed by atoms with E-state index in [1.807, 2.05) is 26.0 Å². The molecular formula is C17H23ClN6O. The minimum absolute atomic E-state index is 0.286. The number of nitrogens with one attached hydrogen (secondary N) is 2. The molecule has 0 aliphatic carbocycles. The van der Waals surface area contributed by atoms with Crippen molar-refractivity contribution in [3.8, 4) is 0 Å². The Balaban J connectivity index is 1.56. The van der Waals surface area contributed by atoms with Crippen molar-refractivity contribution in [2.75, 3.05) is 25.0 Å². The van der Waals surface area contributed by atoms with E-state index in [0.29, 0.717) is 11.6 Å². The predicted octanol–water partition coefficient (Wildman–Crippen LogP) is 2.28. The summed E-state index contributed by atoms with van der Waals surface area (Å²) in [5, 5.41) is 11.4. The van der Waals surface area contributed by atoms with Crippen LogP contribution in [0.5, 0.6) is 0 Å². The van der Waals surface area contributed by atoms with Crippen LogP contribution in [0.25, 0.3) is 0 Å². The van der Waals surface area contributed by atoms with Crippen LogP contribution in [0.2, 0.25) is 5.02 Å². The van der Waals surface area contributed by atoms with E-state index in [-0.39, 0.29) is 6.04 Å². The highest BCUT2D eigenvalue weighted by molar-refractivity contribution is 6.32. The molecule has 0 bridgehead atoms. The third-order valence-electron chi connectivity index (χ3n) is 4.41. The van der Waals surface area contributed by atoms with Gasteiger partial charge in [-0.15, -0.1) is 0 Å². The van der Waals surface area contributed by atoms with Gasteiger partial charge in [0.25, 0.3) is 0 Å². The third-order valence-corrected chi connectivity index (χ3v) is 4.70. The summed E-state index contributed by atoms with van der Waals surface area (Å²) in [6.07, 6.45) is 2.77. The molecule has 0 saturated carbocycles. The molecule has 1 atom stereocenters. The topological polar surface area (TPSA) is 78.6 Å². The first-order valence-corrected chi connectivity index (χ1v) is 8.70. The van der Waals surface area contributed by atoms with Crippen LogP contribution in [-0.2, 0) is 6.54 Å². The maximum absolute atomic E-state index is 6.25. The lowest BCUT2D eigenvalue weighted by molar-refractivity contribution is 0.392. The van der Waals surface area contributed by atoms with Gasteiger partial charge in [0.15, 0.2) is 5.96 Å². The van der Waals surface area contributed by atoms with E-state index in [1.54, 1.807) is 13.2 Å². The van der Waals surface area contributed by atoms with E-state index in [0.717, 1.165) is 48.3 Å². The molecular weight excluding hydrogens is 340 g/mol. The minimum atomic E-state index is 0.286. The number of hydrogen-bond acceptors (Lipinski definition) is 5. The number of nitrogens with zero attached hydrogens (tertiary/aromatic N) is 4. The van der Waals surface area contributed by atoms with Gasteiger partial charge in [0, 0.05) is 44.5 Å². The molecule has 2 aromatic rings. The van der Waals surface area contributed by atoms with Gasteiger partial charge in [-0.05, 0) is 32.4 Å². The van der Waals surface area contributed by atoms with Crippen LogP contribution in [0.15, 0.2) is 27.8 Å². The molecule has 0 aromatic carbocycles. The van der Waals surface area contributed by atoms with Crippen LogP contribution in [0.4, 0.5) is 5.82 Å². The monoisotopic (exact) mass is 362 g/mol. The highest BCUT2D eigenvalue weighted by Gasteiger charge is 2.25. The number of aromatic nitrogens is 2. The van der Waals surface area contributed by atoms with Crippen molar-refractivity contribution in [1.82, 2.24) is 20.8 Å². The molecule has 8 heteroatoms. The van der Waals surface area contributed by atoms with Crippen molar-refractivity contribution >= 4 is 23.4 Å². The Morgan fingerprint density at radius 3 is 3.00 bits per heavy atom. The zero-order valence-electron chi connectivity index (χ0n) is 14.7. The SMILES string of the molecule is CN=C(NCc1c(C)noc1C)NC1CCN(c2ncccc2Cl)C1. The predicted molar refractivity (Wildman–Crippen MR) is 99.2 cm³/mol. The van der Waals surface area contributed by atoms with Crippen molar-refractivity contribution in [3.63, 3.8) is 0 Å². The van der Waals surface area contributed by atoms with Gasteiger partial charge in [0.05, 0.1) is 10.7 Å². The standard InChI is InChI=1S/C17H23ClN6O/c1-11-14(12(2)25-23-11)9-21-17(19-3)22-13-6-8-24(10-13)16-15(18)5-4-7-20-16/h4-5,7,13H,6,8-10H2,1-3H3,(H2,19,21,22). The van der Waals surface area contributed by atoms with E-state index in [2.05, 4.69) is 30.7 Å². The van der Waals surface area contributed by atoms with Gasteiger partial charge >= 0.3 is 0 Å². The quantitative estimate of drug-likeness (QED) is 0.641. The number of halogens is 1. The maximum atomic E-state index is 6.25. The van der Waals surface area contributed by atoms with E-state index < -0.39 is 0 Å². The lowest BCUT2D eigenvalue weighted by Gasteiger charge is -2.20. The van der Waals surface area contributed by atoms with Crippen LogP contribution in [0, 0.1) is 13.8 Å². The van der Waals surface area contributed by atoms with Gasteiger partial charge < -0.3 is 20.1 Å². The first kappa shape index (κ1) is 17.5. The van der Waals surface area contributed by atoms with Gasteiger partial charge in [-0.1, -0.05) is 16.8 Å². The third kappa shape index (κ3) is 4.04. The lowest BCUT2D eigenvalue weighted by Crippen LogP contribution is -2.44. The average Bonchev–Trinajstić information content (AvgIpc) is 3.19. The second kappa shape index (κ2) is 7.74. The summed E-state index contributed by atoms with van der Waals surface area (Å²) in [4.78, 5) is 10.9. The van der Waals surface area contributed by atoms with Crippen molar-refractivity contribution in [3.05, 3.63) is 40.4 Å². The molecule has 2 aromatic heterocycles. The molecule has 25 heavy (non-hydrogen) atoms. The number of anilines is 1. The van der Waals surface area contributed by atoms with Crippen LogP contribution in [0.3, 0.4) is 0 Å². The summed E-state index contributed by atoms with van der Waals surface area (Å²) in [6, 6.07) is 4.00. The number of guanidine groups is 1. The molecule has 0 amide bonds. The summed E-state index contributed by atoms with van der Waals surface area (Å²) >= 11 is 6.25. The molecule has 1 saturated heterocycles. The van der Waals surface area contributed by atoms with E-state index in [9.17, 15) is 0 Å². The van der Waals surface area contributed by atoms with Gasteiger partial charge in [-0.25, -0.2) is 4.98 Å². The summed E-state index contributed by atoms with van der Waals surface area (Å²) in [6.45, 7) is 6.23. The fourth-order valence-corrected chi connectivity index (χ4v) is 3.24. The molecule has 1 fully saturated rings.